The lowest BCUT2D eigenvalue weighted by Gasteiger charge is -2.19. The van der Waals surface area contributed by atoms with E-state index in [2.05, 4.69) is 31.2 Å². The minimum atomic E-state index is -0.312. The largest absolute Gasteiger partial charge is 0.350 e. The molecule has 0 saturated carbocycles. The monoisotopic (exact) mass is 320 g/mol. The van der Waals surface area contributed by atoms with Crippen molar-refractivity contribution >= 4 is 11.6 Å². The Labute approximate surface area is 141 Å². The van der Waals surface area contributed by atoms with Crippen LogP contribution in [0.25, 0.3) is 11.3 Å². The Morgan fingerprint density at radius 2 is 1.67 bits per heavy atom. The minimum Gasteiger partial charge on any atom is -0.350 e. The summed E-state index contributed by atoms with van der Waals surface area (Å²) in [6.45, 7) is 6.46. The number of aromatic nitrogens is 1. The summed E-state index contributed by atoms with van der Waals surface area (Å²) in [7, 11) is 0. The summed E-state index contributed by atoms with van der Waals surface area (Å²) in [6, 6.07) is 19.1. The lowest BCUT2D eigenvalue weighted by molar-refractivity contribution is 0.0988. The first-order valence-electron chi connectivity index (χ1n) is 7.87. The number of hydrogen-bond donors (Lipinski definition) is 1. The van der Waals surface area contributed by atoms with E-state index in [4.69, 9.17) is 4.52 Å². The molecule has 1 N–H and O–H groups in total. The quantitative estimate of drug-likeness (QED) is 0.747. The van der Waals surface area contributed by atoms with Crippen LogP contribution in [0.4, 0.5) is 5.69 Å². The van der Waals surface area contributed by atoms with Gasteiger partial charge in [0.2, 0.25) is 5.76 Å². The predicted molar refractivity (Wildman–Crippen MR) is 95.0 cm³/mol. The van der Waals surface area contributed by atoms with Gasteiger partial charge in [-0.3, -0.25) is 4.79 Å². The maximum atomic E-state index is 12.3. The first-order valence-corrected chi connectivity index (χ1v) is 7.87. The van der Waals surface area contributed by atoms with Crippen LogP contribution in [0.15, 0.2) is 65.2 Å². The molecule has 3 aromatic rings. The van der Waals surface area contributed by atoms with E-state index in [9.17, 15) is 4.79 Å². The van der Waals surface area contributed by atoms with Crippen LogP contribution >= 0.6 is 0 Å². The zero-order valence-corrected chi connectivity index (χ0v) is 14.0. The lowest BCUT2D eigenvalue weighted by atomic mass is 9.87. The Balaban J connectivity index is 1.73. The number of nitrogens with zero attached hydrogens (tertiary/aromatic N) is 1. The lowest BCUT2D eigenvalue weighted by Crippen LogP contribution is -2.13. The third-order valence-corrected chi connectivity index (χ3v) is 3.81. The molecule has 0 bridgehead atoms. The molecule has 2 aromatic carbocycles. The van der Waals surface area contributed by atoms with Crippen LogP contribution in [0, 0.1) is 0 Å². The highest BCUT2D eigenvalue weighted by atomic mass is 16.5. The molecule has 0 atom stereocenters. The second kappa shape index (κ2) is 6.32. The van der Waals surface area contributed by atoms with E-state index in [1.165, 1.54) is 5.56 Å². The van der Waals surface area contributed by atoms with E-state index in [-0.39, 0.29) is 17.1 Å². The number of benzene rings is 2. The van der Waals surface area contributed by atoms with Gasteiger partial charge in [-0.05, 0) is 23.1 Å². The number of carbonyl (C=O) groups is 1. The molecule has 122 valence electrons. The second-order valence-corrected chi connectivity index (χ2v) is 6.72. The van der Waals surface area contributed by atoms with Gasteiger partial charge in [0.05, 0.1) is 0 Å². The predicted octanol–water partition coefficient (Wildman–Crippen LogP) is 4.89. The van der Waals surface area contributed by atoms with Gasteiger partial charge in [-0.2, -0.15) is 0 Å². The second-order valence-electron chi connectivity index (χ2n) is 6.72. The SMILES string of the molecule is CC(C)(C)c1ccc(NC(=O)c2cc(-c3ccccc3)no2)cc1. The molecule has 24 heavy (non-hydrogen) atoms. The summed E-state index contributed by atoms with van der Waals surface area (Å²) in [5.41, 5.74) is 3.58. The zero-order valence-electron chi connectivity index (χ0n) is 14.0. The molecule has 1 amide bonds. The molecule has 0 fully saturated rings. The molecule has 1 aromatic heterocycles. The van der Waals surface area contributed by atoms with Gasteiger partial charge in [-0.1, -0.05) is 68.4 Å². The molecule has 0 unspecified atom stereocenters. The maximum Gasteiger partial charge on any atom is 0.294 e. The zero-order chi connectivity index (χ0) is 17.2. The van der Waals surface area contributed by atoms with Crippen molar-refractivity contribution in [1.82, 2.24) is 5.16 Å². The summed E-state index contributed by atoms with van der Waals surface area (Å²) in [4.78, 5) is 12.3. The molecule has 4 heteroatoms. The molecule has 4 nitrogen and oxygen atoms in total. The molecule has 0 radical (unpaired) electrons. The average Bonchev–Trinajstić information content (AvgIpc) is 3.05. The van der Waals surface area contributed by atoms with Crippen LogP contribution in [0.5, 0.6) is 0 Å². The van der Waals surface area contributed by atoms with E-state index in [1.54, 1.807) is 6.07 Å². The van der Waals surface area contributed by atoms with Crippen LogP contribution in [-0.2, 0) is 5.41 Å². The van der Waals surface area contributed by atoms with Gasteiger partial charge in [0, 0.05) is 17.3 Å². The number of rotatable bonds is 3. The standard InChI is InChI=1S/C20H20N2O2/c1-20(2,3)15-9-11-16(12-10-15)21-19(23)18-13-17(22-24-18)14-7-5-4-6-8-14/h4-13H,1-3H3,(H,21,23). The summed E-state index contributed by atoms with van der Waals surface area (Å²) >= 11 is 0. The van der Waals surface area contributed by atoms with Crippen molar-refractivity contribution < 1.29 is 9.32 Å². The number of hydrogen-bond acceptors (Lipinski definition) is 3. The highest BCUT2D eigenvalue weighted by Crippen LogP contribution is 2.24. The fraction of sp³-hybridized carbons (Fsp3) is 0.200. The highest BCUT2D eigenvalue weighted by molar-refractivity contribution is 6.02. The van der Waals surface area contributed by atoms with Crippen molar-refractivity contribution in [2.75, 3.05) is 5.32 Å². The fourth-order valence-corrected chi connectivity index (χ4v) is 2.37. The van der Waals surface area contributed by atoms with Crippen molar-refractivity contribution in [2.24, 2.45) is 0 Å². The third-order valence-electron chi connectivity index (χ3n) is 3.81. The molecule has 1 heterocycles. The Bertz CT molecular complexity index is 828. The van der Waals surface area contributed by atoms with Gasteiger partial charge >= 0.3 is 0 Å². The van der Waals surface area contributed by atoms with Gasteiger partial charge in [-0.25, -0.2) is 0 Å². The normalized spacial score (nSPS) is 11.3. The molecule has 0 aliphatic rings. The van der Waals surface area contributed by atoms with Crippen LogP contribution in [0.2, 0.25) is 0 Å². The molecule has 0 aliphatic heterocycles. The Kier molecular flexibility index (Phi) is 4.21. The fourth-order valence-electron chi connectivity index (χ4n) is 2.37. The van der Waals surface area contributed by atoms with E-state index >= 15 is 0 Å². The maximum absolute atomic E-state index is 12.3. The molecule has 0 aliphatic carbocycles. The summed E-state index contributed by atoms with van der Waals surface area (Å²) in [5.74, 6) is -0.123. The minimum absolute atomic E-state index is 0.0814. The van der Waals surface area contributed by atoms with Crippen molar-refractivity contribution in [3.05, 3.63) is 72.0 Å². The van der Waals surface area contributed by atoms with Crippen molar-refractivity contribution in [2.45, 2.75) is 26.2 Å². The summed E-state index contributed by atoms with van der Waals surface area (Å²) in [5, 5.41) is 6.79. The van der Waals surface area contributed by atoms with Crippen LogP contribution in [0.3, 0.4) is 0 Å². The Hall–Kier alpha value is -2.88. The average molecular weight is 320 g/mol. The smallest absolute Gasteiger partial charge is 0.294 e. The third kappa shape index (κ3) is 3.54. The molecule has 0 spiro atoms. The van der Waals surface area contributed by atoms with Crippen LogP contribution in [0.1, 0.15) is 36.9 Å². The van der Waals surface area contributed by atoms with Gasteiger partial charge in [-0.15, -0.1) is 0 Å². The number of amides is 1. The number of nitrogens with one attached hydrogen (secondary N) is 1. The number of anilines is 1. The van der Waals surface area contributed by atoms with Gasteiger partial charge in [0.25, 0.3) is 5.91 Å². The Morgan fingerprint density at radius 3 is 2.29 bits per heavy atom. The first kappa shape index (κ1) is 16.0. The molecule has 0 saturated heterocycles. The van der Waals surface area contributed by atoms with Crippen molar-refractivity contribution in [3.8, 4) is 11.3 Å². The summed E-state index contributed by atoms with van der Waals surface area (Å²) in [6.07, 6.45) is 0. The van der Waals surface area contributed by atoms with Gasteiger partial charge < -0.3 is 9.84 Å². The van der Waals surface area contributed by atoms with Crippen LogP contribution < -0.4 is 5.32 Å². The molecule has 3 rings (SSSR count). The van der Waals surface area contributed by atoms with Crippen molar-refractivity contribution in [3.63, 3.8) is 0 Å². The van der Waals surface area contributed by atoms with Crippen LogP contribution in [-0.4, -0.2) is 11.1 Å². The highest BCUT2D eigenvalue weighted by Gasteiger charge is 2.16. The Morgan fingerprint density at radius 1 is 1.00 bits per heavy atom. The summed E-state index contributed by atoms with van der Waals surface area (Å²) < 4.78 is 5.17. The van der Waals surface area contributed by atoms with Crippen molar-refractivity contribution in [1.29, 1.82) is 0 Å². The van der Waals surface area contributed by atoms with Gasteiger partial charge in [0.1, 0.15) is 5.69 Å². The van der Waals surface area contributed by atoms with Gasteiger partial charge in [0.15, 0.2) is 0 Å². The number of carbonyl (C=O) groups excluding carboxylic acids is 1. The molecular formula is C20H20N2O2. The topological polar surface area (TPSA) is 55.1 Å². The van der Waals surface area contributed by atoms with E-state index in [0.717, 1.165) is 11.3 Å². The van der Waals surface area contributed by atoms with E-state index in [0.29, 0.717) is 5.69 Å². The molecular weight excluding hydrogens is 300 g/mol. The van der Waals surface area contributed by atoms with E-state index < -0.39 is 0 Å². The van der Waals surface area contributed by atoms with E-state index in [1.807, 2.05) is 54.6 Å². The first-order chi connectivity index (χ1) is 11.4.